The molecule has 0 saturated heterocycles. The van der Waals surface area contributed by atoms with Gasteiger partial charge in [0.25, 0.3) is 0 Å². The van der Waals surface area contributed by atoms with Crippen molar-refractivity contribution in [3.63, 3.8) is 0 Å². The summed E-state index contributed by atoms with van der Waals surface area (Å²) in [5, 5.41) is 1.99. The largest absolute Gasteiger partial charge is 0.329 e. The van der Waals surface area contributed by atoms with Crippen LogP contribution in [0.25, 0.3) is 0 Å². The minimum Gasteiger partial charge on any atom is -0.329 e. The highest BCUT2D eigenvalue weighted by Crippen LogP contribution is 2.14. The van der Waals surface area contributed by atoms with Gasteiger partial charge in [-0.1, -0.05) is 0 Å². The van der Waals surface area contributed by atoms with Crippen molar-refractivity contribution in [3.05, 3.63) is 16.1 Å². The Labute approximate surface area is 88.1 Å². The summed E-state index contributed by atoms with van der Waals surface area (Å²) in [6.45, 7) is 3.63. The van der Waals surface area contributed by atoms with Crippen molar-refractivity contribution < 1.29 is 8.42 Å². The quantitative estimate of drug-likeness (QED) is 0.833. The van der Waals surface area contributed by atoms with Crippen LogP contribution in [0, 0.1) is 6.92 Å². The molecule has 0 aliphatic heterocycles. The molecule has 0 radical (unpaired) electrons. The molecule has 0 aliphatic rings. The highest BCUT2D eigenvalue weighted by Gasteiger charge is 2.21. The van der Waals surface area contributed by atoms with Gasteiger partial charge in [0.15, 0.2) is 9.84 Å². The third-order valence-corrected chi connectivity index (χ3v) is 5.18. The highest BCUT2D eigenvalue weighted by molar-refractivity contribution is 7.91. The predicted octanol–water partition coefficient (Wildman–Crippen LogP) is 0.714. The Hall–Kier alpha value is -0.460. The molecule has 6 heteroatoms. The minimum absolute atomic E-state index is 0.00384. The van der Waals surface area contributed by atoms with Crippen LogP contribution in [-0.2, 0) is 15.6 Å². The number of hydrogen-bond acceptors (Lipinski definition) is 5. The Morgan fingerprint density at radius 3 is 2.71 bits per heavy atom. The summed E-state index contributed by atoms with van der Waals surface area (Å²) in [6, 6.07) is 0. The molecule has 80 valence electrons. The molecule has 0 bridgehead atoms. The SMILES string of the molecule is Cc1csc(CS(=O)(=O)C(C)CN)n1. The summed E-state index contributed by atoms with van der Waals surface area (Å²) < 4.78 is 23.3. The maximum Gasteiger partial charge on any atom is 0.160 e. The fourth-order valence-electron chi connectivity index (χ4n) is 0.930. The van der Waals surface area contributed by atoms with E-state index in [1.54, 1.807) is 6.92 Å². The van der Waals surface area contributed by atoms with E-state index in [2.05, 4.69) is 4.98 Å². The van der Waals surface area contributed by atoms with Crippen LogP contribution in [0.3, 0.4) is 0 Å². The Balaban J connectivity index is 2.78. The van der Waals surface area contributed by atoms with Gasteiger partial charge in [-0.05, 0) is 13.8 Å². The van der Waals surface area contributed by atoms with Gasteiger partial charge < -0.3 is 5.73 Å². The summed E-state index contributed by atoms with van der Waals surface area (Å²) in [5.41, 5.74) is 6.18. The lowest BCUT2D eigenvalue weighted by Gasteiger charge is -2.08. The lowest BCUT2D eigenvalue weighted by atomic mass is 10.5. The van der Waals surface area contributed by atoms with Crippen LogP contribution in [0.15, 0.2) is 5.38 Å². The zero-order valence-corrected chi connectivity index (χ0v) is 9.86. The Morgan fingerprint density at radius 1 is 1.64 bits per heavy atom. The van der Waals surface area contributed by atoms with Gasteiger partial charge in [-0.25, -0.2) is 13.4 Å². The van der Waals surface area contributed by atoms with Crippen LogP contribution in [0.1, 0.15) is 17.6 Å². The second kappa shape index (κ2) is 4.37. The van der Waals surface area contributed by atoms with Gasteiger partial charge >= 0.3 is 0 Å². The van der Waals surface area contributed by atoms with Gasteiger partial charge in [0.2, 0.25) is 0 Å². The molecule has 1 aromatic heterocycles. The molecule has 14 heavy (non-hydrogen) atoms. The van der Waals surface area contributed by atoms with Crippen LogP contribution in [-0.4, -0.2) is 25.2 Å². The maximum atomic E-state index is 11.6. The number of rotatable bonds is 4. The van der Waals surface area contributed by atoms with E-state index in [0.717, 1.165) is 5.69 Å². The number of nitrogens with zero attached hydrogens (tertiary/aromatic N) is 1. The zero-order valence-electron chi connectivity index (χ0n) is 8.23. The molecule has 0 spiro atoms. The molecule has 2 N–H and O–H groups in total. The van der Waals surface area contributed by atoms with E-state index in [0.29, 0.717) is 5.01 Å². The molecule has 1 heterocycles. The number of aryl methyl sites for hydroxylation is 1. The van der Waals surface area contributed by atoms with E-state index in [4.69, 9.17) is 5.73 Å². The zero-order chi connectivity index (χ0) is 10.8. The van der Waals surface area contributed by atoms with E-state index in [1.807, 2.05) is 12.3 Å². The Morgan fingerprint density at radius 2 is 2.29 bits per heavy atom. The smallest absolute Gasteiger partial charge is 0.160 e. The minimum atomic E-state index is -3.13. The molecule has 1 aromatic rings. The number of hydrogen-bond donors (Lipinski definition) is 1. The predicted molar refractivity (Wildman–Crippen MR) is 58.0 cm³/mol. The van der Waals surface area contributed by atoms with Gasteiger partial charge in [0.05, 0.1) is 5.25 Å². The van der Waals surface area contributed by atoms with Crippen molar-refractivity contribution >= 4 is 21.2 Å². The van der Waals surface area contributed by atoms with Crippen molar-refractivity contribution in [1.82, 2.24) is 4.98 Å². The van der Waals surface area contributed by atoms with Gasteiger partial charge in [-0.2, -0.15) is 0 Å². The fourth-order valence-corrected chi connectivity index (χ4v) is 3.24. The summed E-state index contributed by atoms with van der Waals surface area (Å²) in [4.78, 5) is 4.11. The van der Waals surface area contributed by atoms with Gasteiger partial charge in [-0.15, -0.1) is 11.3 Å². The molecule has 0 saturated carbocycles. The van der Waals surface area contributed by atoms with Gasteiger partial charge in [-0.3, -0.25) is 0 Å². The first-order valence-electron chi connectivity index (χ1n) is 4.28. The summed E-state index contributed by atoms with van der Waals surface area (Å²) in [6.07, 6.45) is 0. The highest BCUT2D eigenvalue weighted by atomic mass is 32.2. The van der Waals surface area contributed by atoms with Crippen LogP contribution >= 0.6 is 11.3 Å². The van der Waals surface area contributed by atoms with E-state index in [-0.39, 0.29) is 12.3 Å². The molecular weight excluding hydrogens is 220 g/mol. The standard InChI is InChI=1S/C8H14N2O2S2/c1-6-4-13-8(10-6)5-14(11,12)7(2)3-9/h4,7H,3,5,9H2,1-2H3. The molecule has 1 rings (SSSR count). The van der Waals surface area contributed by atoms with Gasteiger partial charge in [0.1, 0.15) is 10.8 Å². The third kappa shape index (κ3) is 2.76. The third-order valence-electron chi connectivity index (χ3n) is 1.94. The van der Waals surface area contributed by atoms with E-state index >= 15 is 0 Å². The summed E-state index contributed by atoms with van der Waals surface area (Å²) in [5.74, 6) is 0.00384. The van der Waals surface area contributed by atoms with E-state index in [1.165, 1.54) is 11.3 Å². The maximum absolute atomic E-state index is 11.6. The van der Waals surface area contributed by atoms with E-state index < -0.39 is 15.1 Å². The lowest BCUT2D eigenvalue weighted by molar-refractivity contribution is 0.583. The first kappa shape index (κ1) is 11.6. The first-order chi connectivity index (χ1) is 6.45. The second-order valence-corrected chi connectivity index (χ2v) is 6.60. The van der Waals surface area contributed by atoms with Crippen LogP contribution < -0.4 is 5.73 Å². The lowest BCUT2D eigenvalue weighted by Crippen LogP contribution is -2.27. The number of thiazole rings is 1. The van der Waals surface area contributed by atoms with Gasteiger partial charge in [0, 0.05) is 17.6 Å². The number of aromatic nitrogens is 1. The van der Waals surface area contributed by atoms with Crippen molar-refractivity contribution in [2.75, 3.05) is 6.54 Å². The Bertz CT molecular complexity index is 397. The summed E-state index contributed by atoms with van der Waals surface area (Å²) >= 11 is 1.37. The molecular formula is C8H14N2O2S2. The van der Waals surface area contributed by atoms with Crippen LogP contribution in [0.5, 0.6) is 0 Å². The van der Waals surface area contributed by atoms with Crippen molar-refractivity contribution in [2.24, 2.45) is 5.73 Å². The topological polar surface area (TPSA) is 73.0 Å². The van der Waals surface area contributed by atoms with Crippen molar-refractivity contribution in [2.45, 2.75) is 24.9 Å². The Kier molecular flexibility index (Phi) is 3.63. The molecule has 0 amide bonds. The molecule has 4 nitrogen and oxygen atoms in total. The average Bonchev–Trinajstić information content (AvgIpc) is 2.48. The normalized spacial score (nSPS) is 14.2. The fraction of sp³-hybridized carbons (Fsp3) is 0.625. The van der Waals surface area contributed by atoms with E-state index in [9.17, 15) is 8.42 Å². The summed E-state index contributed by atoms with van der Waals surface area (Å²) in [7, 11) is -3.13. The molecule has 1 unspecified atom stereocenters. The molecule has 0 aliphatic carbocycles. The second-order valence-electron chi connectivity index (χ2n) is 3.24. The van der Waals surface area contributed by atoms with Crippen LogP contribution in [0.4, 0.5) is 0 Å². The number of sulfone groups is 1. The molecule has 0 aromatic carbocycles. The monoisotopic (exact) mass is 234 g/mol. The van der Waals surface area contributed by atoms with Crippen molar-refractivity contribution in [3.8, 4) is 0 Å². The average molecular weight is 234 g/mol. The molecule has 0 fully saturated rings. The van der Waals surface area contributed by atoms with Crippen LogP contribution in [0.2, 0.25) is 0 Å². The van der Waals surface area contributed by atoms with Crippen molar-refractivity contribution in [1.29, 1.82) is 0 Å². The number of nitrogens with two attached hydrogens (primary N) is 1. The first-order valence-corrected chi connectivity index (χ1v) is 6.88. The molecule has 1 atom stereocenters.